The van der Waals surface area contributed by atoms with Gasteiger partial charge in [0.1, 0.15) is 17.0 Å². The van der Waals surface area contributed by atoms with Crippen LogP contribution in [0.15, 0.2) is 104 Å². The van der Waals surface area contributed by atoms with Crippen LogP contribution < -0.4 is 10.2 Å². The fourth-order valence-corrected chi connectivity index (χ4v) is 4.66. The van der Waals surface area contributed by atoms with Crippen molar-refractivity contribution in [3.63, 3.8) is 0 Å². The summed E-state index contributed by atoms with van der Waals surface area (Å²) in [7, 11) is 0. The van der Waals surface area contributed by atoms with E-state index in [1.165, 1.54) is 48.6 Å². The van der Waals surface area contributed by atoms with Gasteiger partial charge in [-0.05, 0) is 80.9 Å². The normalized spacial score (nSPS) is 16.9. The van der Waals surface area contributed by atoms with E-state index in [0.717, 1.165) is 11.1 Å². The average Bonchev–Trinajstić information content (AvgIpc) is 2.82. The summed E-state index contributed by atoms with van der Waals surface area (Å²) in [5.74, 6) is 0.237. The second-order valence-electron chi connectivity index (χ2n) is 10.3. The van der Waals surface area contributed by atoms with Gasteiger partial charge < -0.3 is 9.15 Å². The van der Waals surface area contributed by atoms with Gasteiger partial charge in [0.2, 0.25) is 0 Å². The number of benzene rings is 2. The van der Waals surface area contributed by atoms with Crippen molar-refractivity contribution >= 4 is 17.1 Å². The number of carbonyl (C=O) groups excluding carboxylic acids is 1. The van der Waals surface area contributed by atoms with E-state index in [2.05, 4.69) is 44.8 Å². The summed E-state index contributed by atoms with van der Waals surface area (Å²) < 4.78 is 11.2. The summed E-state index contributed by atoms with van der Waals surface area (Å²) in [6.07, 6.45) is 15.3. The molecule has 37 heavy (non-hydrogen) atoms. The zero-order chi connectivity index (χ0) is 26.6. The van der Waals surface area contributed by atoms with Gasteiger partial charge >= 0.3 is 5.97 Å². The molecular weight excluding hydrogens is 462 g/mol. The molecule has 0 saturated heterocycles. The Kier molecular flexibility index (Phi) is 7.72. The van der Waals surface area contributed by atoms with Crippen molar-refractivity contribution in [3.8, 4) is 17.2 Å². The largest absolute Gasteiger partial charge is 0.453 e. The van der Waals surface area contributed by atoms with Gasteiger partial charge in [-0.15, -0.1) is 0 Å². The Hall–Kier alpha value is -3.99. The maximum Gasteiger partial charge on any atom is 0.336 e. The molecule has 0 unspecified atom stereocenters. The lowest BCUT2D eigenvalue weighted by Crippen LogP contribution is -2.19. The molecule has 0 atom stereocenters. The van der Waals surface area contributed by atoms with Gasteiger partial charge in [0.05, 0.1) is 0 Å². The van der Waals surface area contributed by atoms with Crippen LogP contribution in [-0.2, 0) is 4.79 Å². The third kappa shape index (κ3) is 6.62. The minimum Gasteiger partial charge on any atom is -0.453 e. The molecule has 190 valence electrons. The summed E-state index contributed by atoms with van der Waals surface area (Å²) in [6.45, 7) is 10.8. The molecule has 0 amide bonds. The van der Waals surface area contributed by atoms with Gasteiger partial charge in [0, 0.05) is 18.2 Å². The summed E-state index contributed by atoms with van der Waals surface area (Å²) in [6, 6.07) is 9.44. The highest BCUT2D eigenvalue weighted by molar-refractivity contribution is 5.86. The van der Waals surface area contributed by atoms with Crippen LogP contribution >= 0.6 is 0 Å². The minimum atomic E-state index is -0.486. The van der Waals surface area contributed by atoms with Crippen LogP contribution in [0, 0.1) is 5.41 Å². The van der Waals surface area contributed by atoms with Crippen molar-refractivity contribution in [2.45, 2.75) is 53.9 Å². The molecule has 0 spiro atoms. The van der Waals surface area contributed by atoms with Crippen LogP contribution in [0.25, 0.3) is 22.6 Å². The predicted molar refractivity (Wildman–Crippen MR) is 149 cm³/mol. The second-order valence-corrected chi connectivity index (χ2v) is 10.3. The summed E-state index contributed by atoms with van der Waals surface area (Å²) >= 11 is 0. The molecular formula is C32H33NO4. The SMILES string of the molecule is CC1=C(/C=C/C(C)=C/C=C/C(C)=C/C(=O)Oc2ccc3nc4ccc(=O)cc-4oc3c2)C(C)(C)CCC1. The maximum absolute atomic E-state index is 12.4. The predicted octanol–water partition coefficient (Wildman–Crippen LogP) is 7.73. The standard InChI is InChI=1S/C32H33NO4/c1-21(11-14-26-23(3)10-7-17-32(26,4)5)8-6-9-22(2)18-31(35)36-25-13-16-28-30(20-25)37-29-19-24(34)12-15-27(29)33-28/h6,8-9,11-16,18-20H,7,10,17H2,1-5H3/b9-6+,14-11+,21-8+,22-18+. The number of nitrogens with zero attached hydrogens (tertiary/aromatic N) is 1. The summed E-state index contributed by atoms with van der Waals surface area (Å²) in [5.41, 5.74) is 6.52. The van der Waals surface area contributed by atoms with Crippen LogP contribution in [-0.4, -0.2) is 11.0 Å². The van der Waals surface area contributed by atoms with Gasteiger partial charge in [0.25, 0.3) is 0 Å². The van der Waals surface area contributed by atoms with Gasteiger partial charge in [-0.2, -0.15) is 0 Å². The number of hydrogen-bond donors (Lipinski definition) is 0. The van der Waals surface area contributed by atoms with Crippen LogP contribution in [0.3, 0.4) is 0 Å². The quantitative estimate of drug-likeness (QED) is 0.115. The lowest BCUT2D eigenvalue weighted by molar-refractivity contribution is -0.129. The van der Waals surface area contributed by atoms with Crippen molar-refractivity contribution in [1.29, 1.82) is 0 Å². The first-order valence-electron chi connectivity index (χ1n) is 12.6. The molecule has 3 aliphatic rings. The van der Waals surface area contributed by atoms with Gasteiger partial charge in [-0.1, -0.05) is 55.4 Å². The highest BCUT2D eigenvalue weighted by Crippen LogP contribution is 2.40. The Bertz CT molecular complexity index is 1510. The summed E-state index contributed by atoms with van der Waals surface area (Å²) in [4.78, 5) is 28.5. The smallest absolute Gasteiger partial charge is 0.336 e. The van der Waals surface area contributed by atoms with E-state index in [9.17, 15) is 9.59 Å². The number of fused-ring (bicyclic) bond motifs is 2. The first-order chi connectivity index (χ1) is 17.6. The lowest BCUT2D eigenvalue weighted by atomic mass is 9.72. The fraction of sp³-hybridized carbons (Fsp3) is 0.281. The number of aromatic nitrogens is 1. The molecule has 4 rings (SSSR count). The number of hydrogen-bond acceptors (Lipinski definition) is 5. The van der Waals surface area contributed by atoms with E-state index in [4.69, 9.17) is 9.15 Å². The maximum atomic E-state index is 12.4. The minimum absolute atomic E-state index is 0.157. The Balaban J connectivity index is 1.40. The lowest BCUT2D eigenvalue weighted by Gasteiger charge is -2.32. The molecule has 1 aliphatic heterocycles. The molecule has 0 aromatic heterocycles. The highest BCUT2D eigenvalue weighted by Gasteiger charge is 2.26. The number of esters is 1. The molecule has 0 radical (unpaired) electrons. The Morgan fingerprint density at radius 1 is 1.08 bits per heavy atom. The molecule has 0 fully saturated rings. The topological polar surface area (TPSA) is 69.4 Å². The van der Waals surface area contributed by atoms with Crippen molar-refractivity contribution in [2.24, 2.45) is 5.41 Å². The number of ether oxygens (including phenoxy) is 1. The third-order valence-corrected chi connectivity index (χ3v) is 6.66. The Morgan fingerprint density at radius 2 is 1.89 bits per heavy atom. The number of rotatable bonds is 6. The molecule has 5 heteroatoms. The Morgan fingerprint density at radius 3 is 2.68 bits per heavy atom. The second kappa shape index (κ2) is 11.0. The molecule has 0 bridgehead atoms. The van der Waals surface area contributed by atoms with E-state index >= 15 is 0 Å². The molecule has 2 aliphatic carbocycles. The Labute approximate surface area is 217 Å². The van der Waals surface area contributed by atoms with Crippen molar-refractivity contribution < 1.29 is 13.9 Å². The van der Waals surface area contributed by atoms with Crippen LogP contribution in [0.2, 0.25) is 0 Å². The zero-order valence-electron chi connectivity index (χ0n) is 22.1. The van der Waals surface area contributed by atoms with Crippen molar-refractivity contribution in [3.05, 3.63) is 105 Å². The van der Waals surface area contributed by atoms with E-state index < -0.39 is 5.97 Å². The first kappa shape index (κ1) is 26.1. The van der Waals surface area contributed by atoms with E-state index in [0.29, 0.717) is 28.3 Å². The van der Waals surface area contributed by atoms with Crippen molar-refractivity contribution in [1.82, 2.24) is 4.98 Å². The third-order valence-electron chi connectivity index (χ3n) is 6.66. The van der Waals surface area contributed by atoms with E-state index in [1.807, 2.05) is 25.2 Å². The number of carbonyl (C=O) groups is 1. The first-order valence-corrected chi connectivity index (χ1v) is 12.6. The molecule has 5 nitrogen and oxygen atoms in total. The van der Waals surface area contributed by atoms with Crippen molar-refractivity contribution in [2.75, 3.05) is 0 Å². The van der Waals surface area contributed by atoms with Crippen LogP contribution in [0.5, 0.6) is 5.75 Å². The molecule has 1 aromatic carbocycles. The highest BCUT2D eigenvalue weighted by atomic mass is 16.5. The molecule has 1 aromatic rings. The zero-order valence-corrected chi connectivity index (χ0v) is 22.1. The van der Waals surface area contributed by atoms with Crippen LogP contribution in [0.1, 0.15) is 53.9 Å². The molecule has 0 saturated carbocycles. The average molecular weight is 496 g/mol. The summed E-state index contributed by atoms with van der Waals surface area (Å²) in [5, 5.41) is 0. The molecule has 1 heterocycles. The van der Waals surface area contributed by atoms with Gasteiger partial charge in [-0.3, -0.25) is 4.79 Å². The monoisotopic (exact) mass is 495 g/mol. The fourth-order valence-electron chi connectivity index (χ4n) is 4.66. The van der Waals surface area contributed by atoms with Gasteiger partial charge in [-0.25, -0.2) is 9.78 Å². The van der Waals surface area contributed by atoms with Crippen LogP contribution in [0.4, 0.5) is 0 Å². The molecule has 0 N–H and O–H groups in total. The van der Waals surface area contributed by atoms with E-state index in [1.54, 1.807) is 24.3 Å². The van der Waals surface area contributed by atoms with E-state index in [-0.39, 0.29) is 10.8 Å². The number of allylic oxidation sites excluding steroid dienone is 9. The van der Waals surface area contributed by atoms with Gasteiger partial charge in [0.15, 0.2) is 16.8 Å².